The Labute approximate surface area is 167 Å². The van der Waals surface area contributed by atoms with Crippen LogP contribution < -0.4 is 9.64 Å². The number of methoxy groups -OCH3 is 1. The first kappa shape index (κ1) is 19.7. The molecule has 0 aromatic heterocycles. The summed E-state index contributed by atoms with van der Waals surface area (Å²) in [5.41, 5.74) is 3.77. The van der Waals surface area contributed by atoms with Crippen LogP contribution in [0.25, 0.3) is 6.08 Å². The molecule has 0 atom stereocenters. The normalized spacial score (nSPS) is 15.1. The lowest BCUT2D eigenvalue weighted by molar-refractivity contribution is -0.133. The number of aliphatic imine (C=N–C) groups is 1. The number of carbonyl (C=O) groups is 2. The Morgan fingerprint density at radius 1 is 1.18 bits per heavy atom. The maximum atomic E-state index is 13.1. The molecule has 2 aromatic carbocycles. The Hall–Kier alpha value is -3.06. The maximum Gasteiger partial charge on any atom is 0.313 e. The third-order valence-corrected chi connectivity index (χ3v) is 4.96. The number of carboxylic acid groups (broad SMARTS) is 1. The van der Waals surface area contributed by atoms with E-state index in [1.54, 1.807) is 25.3 Å². The van der Waals surface area contributed by atoms with Crippen molar-refractivity contribution < 1.29 is 19.4 Å². The summed E-state index contributed by atoms with van der Waals surface area (Å²) in [6, 6.07) is 13.1. The molecule has 0 radical (unpaired) electrons. The van der Waals surface area contributed by atoms with E-state index < -0.39 is 5.97 Å². The number of thioether (sulfide) groups is 1. The average Bonchev–Trinajstić information content (AvgIpc) is 2.95. The topological polar surface area (TPSA) is 79.2 Å². The Balaban J connectivity index is 1.99. The van der Waals surface area contributed by atoms with Crippen molar-refractivity contribution in [1.29, 1.82) is 0 Å². The van der Waals surface area contributed by atoms with Crippen molar-refractivity contribution in [2.75, 3.05) is 17.8 Å². The number of amidine groups is 1. The molecule has 0 fully saturated rings. The number of aryl methyl sites for hydroxylation is 2. The van der Waals surface area contributed by atoms with Gasteiger partial charge in [0.25, 0.3) is 5.91 Å². The van der Waals surface area contributed by atoms with Crippen molar-refractivity contribution in [3.05, 3.63) is 64.9 Å². The third kappa shape index (κ3) is 4.43. The first-order valence-electron chi connectivity index (χ1n) is 8.59. The summed E-state index contributed by atoms with van der Waals surface area (Å²) in [5.74, 6) is -0.705. The highest BCUT2D eigenvalue weighted by Gasteiger charge is 2.32. The van der Waals surface area contributed by atoms with Gasteiger partial charge in [0.2, 0.25) is 0 Å². The SMILES string of the molecule is COc1ccc(C=C2N=C(SCC(=O)O)N(c3cc(C)cc(C)c3)C2=O)cc1. The second kappa shape index (κ2) is 8.31. The van der Waals surface area contributed by atoms with E-state index in [-0.39, 0.29) is 17.4 Å². The van der Waals surface area contributed by atoms with Crippen molar-refractivity contribution in [2.24, 2.45) is 4.99 Å². The van der Waals surface area contributed by atoms with E-state index >= 15 is 0 Å². The average molecular weight is 396 g/mol. The molecule has 1 amide bonds. The van der Waals surface area contributed by atoms with Gasteiger partial charge in [0.1, 0.15) is 11.4 Å². The zero-order valence-electron chi connectivity index (χ0n) is 15.8. The highest BCUT2D eigenvalue weighted by Crippen LogP contribution is 2.30. The van der Waals surface area contributed by atoms with Gasteiger partial charge in [-0.3, -0.25) is 14.5 Å². The molecule has 1 aliphatic heterocycles. The van der Waals surface area contributed by atoms with Gasteiger partial charge in [-0.15, -0.1) is 0 Å². The van der Waals surface area contributed by atoms with Crippen molar-refractivity contribution >= 4 is 40.6 Å². The predicted octanol–water partition coefficient (Wildman–Crippen LogP) is 3.87. The van der Waals surface area contributed by atoms with Crippen LogP contribution >= 0.6 is 11.8 Å². The molecule has 2 aromatic rings. The summed E-state index contributed by atoms with van der Waals surface area (Å²) in [4.78, 5) is 30.0. The first-order valence-corrected chi connectivity index (χ1v) is 9.57. The van der Waals surface area contributed by atoms with Crippen LogP contribution in [0, 0.1) is 13.8 Å². The molecular formula is C21H20N2O4S. The van der Waals surface area contributed by atoms with E-state index in [1.807, 2.05) is 44.2 Å². The standard InChI is InChI=1S/C21H20N2O4S/c1-13-8-14(2)10-16(9-13)23-20(26)18(22-21(23)28-12-19(24)25)11-15-4-6-17(27-3)7-5-15/h4-11H,12H2,1-3H3,(H,24,25). The van der Waals surface area contributed by atoms with Gasteiger partial charge in [0.15, 0.2) is 5.17 Å². The summed E-state index contributed by atoms with van der Waals surface area (Å²) in [6.07, 6.45) is 1.69. The van der Waals surface area contributed by atoms with Gasteiger partial charge in [0.05, 0.1) is 18.6 Å². The number of carboxylic acids is 1. The minimum absolute atomic E-state index is 0.177. The molecule has 1 heterocycles. The summed E-state index contributed by atoms with van der Waals surface area (Å²) in [6.45, 7) is 3.90. The van der Waals surface area contributed by atoms with Crippen LogP contribution in [-0.4, -0.2) is 35.0 Å². The van der Waals surface area contributed by atoms with E-state index in [2.05, 4.69) is 4.99 Å². The molecule has 0 saturated carbocycles. The fraction of sp³-hybridized carbons (Fsp3) is 0.190. The van der Waals surface area contributed by atoms with Crippen molar-refractivity contribution in [1.82, 2.24) is 0 Å². The number of aliphatic carboxylic acids is 1. The zero-order chi connectivity index (χ0) is 20.3. The molecule has 1 N–H and O–H groups in total. The lowest BCUT2D eigenvalue weighted by Gasteiger charge is -2.18. The number of nitrogens with zero attached hydrogens (tertiary/aromatic N) is 2. The van der Waals surface area contributed by atoms with E-state index in [0.717, 1.165) is 34.2 Å². The predicted molar refractivity (Wildman–Crippen MR) is 112 cm³/mol. The molecule has 28 heavy (non-hydrogen) atoms. The van der Waals surface area contributed by atoms with Gasteiger partial charge in [-0.25, -0.2) is 4.99 Å². The lowest BCUT2D eigenvalue weighted by atomic mass is 10.1. The van der Waals surface area contributed by atoms with Crippen LogP contribution in [0.1, 0.15) is 16.7 Å². The number of amides is 1. The molecular weight excluding hydrogens is 376 g/mol. The van der Waals surface area contributed by atoms with Crippen molar-refractivity contribution in [3.8, 4) is 5.75 Å². The maximum absolute atomic E-state index is 13.1. The number of anilines is 1. The van der Waals surface area contributed by atoms with Gasteiger partial charge in [-0.1, -0.05) is 30.0 Å². The molecule has 0 aliphatic carbocycles. The smallest absolute Gasteiger partial charge is 0.313 e. The molecule has 0 saturated heterocycles. The van der Waals surface area contributed by atoms with Gasteiger partial charge in [-0.05, 0) is 60.9 Å². The number of hydrogen-bond acceptors (Lipinski definition) is 5. The molecule has 0 unspecified atom stereocenters. The molecule has 0 bridgehead atoms. The van der Waals surface area contributed by atoms with Crippen LogP contribution in [0.5, 0.6) is 5.75 Å². The number of carbonyl (C=O) groups excluding carboxylic acids is 1. The largest absolute Gasteiger partial charge is 0.497 e. The zero-order valence-corrected chi connectivity index (χ0v) is 16.6. The first-order chi connectivity index (χ1) is 13.4. The van der Waals surface area contributed by atoms with Gasteiger partial charge < -0.3 is 9.84 Å². The molecule has 144 valence electrons. The van der Waals surface area contributed by atoms with E-state index in [9.17, 15) is 9.59 Å². The van der Waals surface area contributed by atoms with E-state index in [0.29, 0.717) is 10.9 Å². The van der Waals surface area contributed by atoms with E-state index in [4.69, 9.17) is 9.84 Å². The molecule has 3 rings (SSSR count). The number of rotatable bonds is 5. The van der Waals surface area contributed by atoms with Gasteiger partial charge in [-0.2, -0.15) is 0 Å². The third-order valence-electron chi connectivity index (χ3n) is 4.04. The second-order valence-electron chi connectivity index (χ2n) is 6.37. The summed E-state index contributed by atoms with van der Waals surface area (Å²) in [7, 11) is 1.59. The summed E-state index contributed by atoms with van der Waals surface area (Å²) in [5, 5.41) is 9.39. The lowest BCUT2D eigenvalue weighted by Crippen LogP contribution is -2.31. The Morgan fingerprint density at radius 2 is 1.82 bits per heavy atom. The minimum Gasteiger partial charge on any atom is -0.497 e. The van der Waals surface area contributed by atoms with Crippen molar-refractivity contribution in [2.45, 2.75) is 13.8 Å². The van der Waals surface area contributed by atoms with Crippen LogP contribution in [0.4, 0.5) is 5.69 Å². The fourth-order valence-corrected chi connectivity index (χ4v) is 3.62. The highest BCUT2D eigenvalue weighted by molar-refractivity contribution is 8.14. The summed E-state index contributed by atoms with van der Waals surface area (Å²) < 4.78 is 5.15. The number of ether oxygens (including phenoxy) is 1. The summed E-state index contributed by atoms with van der Waals surface area (Å²) >= 11 is 1.03. The van der Waals surface area contributed by atoms with Gasteiger partial charge >= 0.3 is 5.97 Å². The monoisotopic (exact) mass is 396 g/mol. The Bertz CT molecular complexity index is 960. The van der Waals surface area contributed by atoms with Crippen LogP contribution in [0.2, 0.25) is 0 Å². The quantitative estimate of drug-likeness (QED) is 0.776. The van der Waals surface area contributed by atoms with Crippen LogP contribution in [0.3, 0.4) is 0 Å². The number of hydrogen-bond donors (Lipinski definition) is 1. The fourth-order valence-electron chi connectivity index (χ4n) is 2.88. The second-order valence-corrected chi connectivity index (χ2v) is 7.31. The number of benzene rings is 2. The minimum atomic E-state index is -0.965. The Morgan fingerprint density at radius 3 is 2.39 bits per heavy atom. The van der Waals surface area contributed by atoms with E-state index in [1.165, 1.54) is 4.90 Å². The Kier molecular flexibility index (Phi) is 5.84. The molecule has 1 aliphatic rings. The van der Waals surface area contributed by atoms with Crippen molar-refractivity contribution in [3.63, 3.8) is 0 Å². The molecule has 0 spiro atoms. The van der Waals surface area contributed by atoms with Crippen LogP contribution in [0.15, 0.2) is 53.2 Å². The highest BCUT2D eigenvalue weighted by atomic mass is 32.2. The van der Waals surface area contributed by atoms with Gasteiger partial charge in [0, 0.05) is 0 Å². The van der Waals surface area contributed by atoms with Crippen LogP contribution in [-0.2, 0) is 9.59 Å². The molecule has 6 nitrogen and oxygen atoms in total. The molecule has 7 heteroatoms.